The Morgan fingerprint density at radius 3 is 1.35 bits per heavy atom. The van der Waals surface area contributed by atoms with Crippen LogP contribution in [0.2, 0.25) is 0 Å². The van der Waals surface area contributed by atoms with Crippen molar-refractivity contribution >= 4 is 8.60 Å². The van der Waals surface area contributed by atoms with Gasteiger partial charge in [-0.15, -0.1) is 0 Å². The molecule has 0 heterocycles. The van der Waals surface area contributed by atoms with Gasteiger partial charge in [-0.1, -0.05) is 145 Å². The second kappa shape index (κ2) is 13.8. The number of hydrogen-bond donors (Lipinski definition) is 2. The van der Waals surface area contributed by atoms with Gasteiger partial charge in [-0.05, 0) is 67.9 Å². The molecule has 0 saturated heterocycles. The highest BCUT2D eigenvalue weighted by atomic mass is 31.2. The van der Waals surface area contributed by atoms with Gasteiger partial charge in [0.2, 0.25) is 0 Å². The first kappa shape index (κ1) is 34.9. The fourth-order valence-electron chi connectivity index (χ4n) is 5.56. The zero-order valence-corrected chi connectivity index (χ0v) is 28.6. The Bertz CT molecular complexity index is 1000. The van der Waals surface area contributed by atoms with Gasteiger partial charge < -0.3 is 14.3 Å². The van der Waals surface area contributed by atoms with Crippen molar-refractivity contribution in [3.63, 3.8) is 0 Å². The predicted octanol–water partition coefficient (Wildman–Crippen LogP) is 10.6. The highest BCUT2D eigenvalue weighted by Gasteiger charge is 2.30. The molecule has 2 N–H and O–H groups in total. The van der Waals surface area contributed by atoms with E-state index in [9.17, 15) is 0 Å². The minimum Gasteiger partial charge on any atom is -0.328 e. The highest BCUT2D eigenvalue weighted by Crippen LogP contribution is 2.43. The first-order chi connectivity index (χ1) is 18.2. The highest BCUT2D eigenvalue weighted by molar-refractivity contribution is 7.39. The molecule has 0 unspecified atom stereocenters. The molecule has 0 bridgehead atoms. The van der Waals surface area contributed by atoms with Gasteiger partial charge in [0.05, 0.1) is 6.61 Å². The van der Waals surface area contributed by atoms with Crippen molar-refractivity contribution in [2.75, 3.05) is 6.61 Å². The topological polar surface area (TPSA) is 49.7 Å². The number of hydrogen-bond acceptors (Lipinski definition) is 3. The molecule has 2 aromatic carbocycles. The average molecular weight is 571 g/mol. The third kappa shape index (κ3) is 10.2. The van der Waals surface area contributed by atoms with Crippen molar-refractivity contribution in [2.24, 2.45) is 0 Å². The standard InChI is InChI=1S/C36H59O3P/c1-33(2,3)26-19-21-29(31(24-26)35(7,8)9)28(18-16-14-13-15-17-23-39-40(37)38)30-22-20-27(34(4,5)6)25-32(30)36(10,11)12/h19-22,24-25,28,37-38H,13-18,23H2,1-12H3. The largest absolute Gasteiger partial charge is 0.328 e. The van der Waals surface area contributed by atoms with E-state index in [-0.39, 0.29) is 21.7 Å². The molecule has 0 aliphatic heterocycles. The Kier molecular flexibility index (Phi) is 12.1. The van der Waals surface area contributed by atoms with Crippen LogP contribution < -0.4 is 0 Å². The van der Waals surface area contributed by atoms with Gasteiger partial charge in [0.15, 0.2) is 0 Å². The molecule has 4 heteroatoms. The van der Waals surface area contributed by atoms with Gasteiger partial charge in [0, 0.05) is 5.92 Å². The van der Waals surface area contributed by atoms with Crippen LogP contribution in [0.1, 0.15) is 161 Å². The Hall–Kier alpha value is -1.25. The van der Waals surface area contributed by atoms with E-state index in [1.165, 1.54) is 39.8 Å². The summed E-state index contributed by atoms with van der Waals surface area (Å²) in [6, 6.07) is 14.6. The molecule has 0 aromatic heterocycles. The van der Waals surface area contributed by atoms with Crippen molar-refractivity contribution in [2.45, 2.75) is 149 Å². The summed E-state index contributed by atoms with van der Waals surface area (Å²) in [4.78, 5) is 17.9. The summed E-state index contributed by atoms with van der Waals surface area (Å²) >= 11 is 0. The smallest absolute Gasteiger partial charge is 0.327 e. The molecule has 2 aromatic rings. The van der Waals surface area contributed by atoms with Gasteiger partial charge in [0.25, 0.3) is 0 Å². The van der Waals surface area contributed by atoms with Crippen LogP contribution in [0.5, 0.6) is 0 Å². The summed E-state index contributed by atoms with van der Waals surface area (Å²) in [5.41, 5.74) is 8.97. The summed E-state index contributed by atoms with van der Waals surface area (Å²) in [6.45, 7) is 28.4. The van der Waals surface area contributed by atoms with E-state index in [1.807, 2.05) is 0 Å². The minimum atomic E-state index is -2.23. The second-order valence-corrected chi connectivity index (χ2v) is 16.6. The molecule has 2 rings (SSSR count). The summed E-state index contributed by atoms with van der Waals surface area (Å²) < 4.78 is 4.94. The van der Waals surface area contributed by atoms with E-state index in [4.69, 9.17) is 14.3 Å². The van der Waals surface area contributed by atoms with Crippen LogP contribution in [0.15, 0.2) is 36.4 Å². The van der Waals surface area contributed by atoms with Gasteiger partial charge in [-0.2, -0.15) is 0 Å². The van der Waals surface area contributed by atoms with Crippen molar-refractivity contribution in [1.29, 1.82) is 0 Å². The second-order valence-electron chi connectivity index (χ2n) is 15.8. The molecule has 0 aliphatic rings. The first-order valence-electron chi connectivity index (χ1n) is 15.3. The average Bonchev–Trinajstić information content (AvgIpc) is 2.80. The van der Waals surface area contributed by atoms with Crippen LogP contribution in [0.3, 0.4) is 0 Å². The van der Waals surface area contributed by atoms with E-state index in [2.05, 4.69) is 119 Å². The maximum absolute atomic E-state index is 8.95. The molecule has 226 valence electrons. The summed E-state index contributed by atoms with van der Waals surface area (Å²) in [5, 5.41) is 0. The fourth-order valence-corrected chi connectivity index (χ4v) is 5.85. The maximum atomic E-state index is 8.95. The molecular weight excluding hydrogens is 511 g/mol. The van der Waals surface area contributed by atoms with E-state index < -0.39 is 8.60 Å². The van der Waals surface area contributed by atoms with Crippen LogP contribution in [0, 0.1) is 0 Å². The Balaban J connectivity index is 2.55. The number of rotatable bonds is 11. The SMILES string of the molecule is CC(C)(C)c1ccc(C(CCCCCCCOP(O)O)c2ccc(C(C)(C)C)cc2C(C)(C)C)c(C(C)(C)C)c1. The van der Waals surface area contributed by atoms with Crippen LogP contribution in [0.25, 0.3) is 0 Å². The lowest BCUT2D eigenvalue weighted by atomic mass is 9.70. The van der Waals surface area contributed by atoms with Gasteiger partial charge in [-0.3, -0.25) is 0 Å². The monoisotopic (exact) mass is 570 g/mol. The molecule has 0 saturated carbocycles. The molecule has 0 radical (unpaired) electrons. The lowest BCUT2D eigenvalue weighted by Gasteiger charge is -2.34. The van der Waals surface area contributed by atoms with Crippen molar-refractivity contribution in [3.8, 4) is 0 Å². The van der Waals surface area contributed by atoms with Crippen molar-refractivity contribution < 1.29 is 14.3 Å². The molecule has 0 aliphatic carbocycles. The first-order valence-corrected chi connectivity index (χ1v) is 16.5. The van der Waals surface area contributed by atoms with Gasteiger partial charge >= 0.3 is 8.60 Å². The molecule has 40 heavy (non-hydrogen) atoms. The van der Waals surface area contributed by atoms with E-state index in [1.54, 1.807) is 0 Å². The van der Waals surface area contributed by atoms with Crippen LogP contribution >= 0.6 is 8.60 Å². The van der Waals surface area contributed by atoms with Crippen LogP contribution in [0.4, 0.5) is 0 Å². The van der Waals surface area contributed by atoms with E-state index in [0.717, 1.165) is 32.1 Å². The minimum absolute atomic E-state index is 0.0426. The third-order valence-electron chi connectivity index (χ3n) is 8.05. The quantitative estimate of drug-likeness (QED) is 0.209. The Morgan fingerprint density at radius 2 is 0.975 bits per heavy atom. The molecule has 0 spiro atoms. The third-order valence-corrected chi connectivity index (χ3v) is 8.46. The zero-order valence-electron chi connectivity index (χ0n) is 27.7. The fraction of sp³-hybridized carbons (Fsp3) is 0.667. The zero-order chi connectivity index (χ0) is 30.5. The van der Waals surface area contributed by atoms with Crippen LogP contribution in [-0.4, -0.2) is 16.4 Å². The lowest BCUT2D eigenvalue weighted by Crippen LogP contribution is -2.23. The molecular formula is C36H59O3P. The summed E-state index contributed by atoms with van der Waals surface area (Å²) in [5.74, 6) is 0.335. The maximum Gasteiger partial charge on any atom is 0.327 e. The van der Waals surface area contributed by atoms with Gasteiger partial charge in [0.1, 0.15) is 0 Å². The predicted molar refractivity (Wildman–Crippen MR) is 175 cm³/mol. The van der Waals surface area contributed by atoms with Crippen molar-refractivity contribution in [1.82, 2.24) is 0 Å². The van der Waals surface area contributed by atoms with E-state index >= 15 is 0 Å². The molecule has 0 atom stereocenters. The Labute approximate surface area is 248 Å². The normalized spacial score (nSPS) is 13.5. The molecule has 0 amide bonds. The van der Waals surface area contributed by atoms with Gasteiger partial charge in [-0.25, -0.2) is 0 Å². The van der Waals surface area contributed by atoms with E-state index in [0.29, 0.717) is 12.5 Å². The number of unbranched alkanes of at least 4 members (excludes halogenated alkanes) is 4. The summed E-state index contributed by atoms with van der Waals surface area (Å²) in [6.07, 6.45) is 6.50. The van der Waals surface area contributed by atoms with Crippen LogP contribution in [-0.2, 0) is 26.2 Å². The molecule has 0 fully saturated rings. The number of benzene rings is 2. The Morgan fingerprint density at radius 1 is 0.575 bits per heavy atom. The van der Waals surface area contributed by atoms with Crippen molar-refractivity contribution in [3.05, 3.63) is 69.8 Å². The molecule has 3 nitrogen and oxygen atoms in total. The lowest BCUT2D eigenvalue weighted by molar-refractivity contribution is 0.248. The summed E-state index contributed by atoms with van der Waals surface area (Å²) in [7, 11) is -2.23.